The number of hydrogen-bond acceptors (Lipinski definition) is 5. The van der Waals surface area contributed by atoms with Gasteiger partial charge < -0.3 is 14.6 Å². The van der Waals surface area contributed by atoms with Gasteiger partial charge in [0, 0.05) is 29.6 Å². The summed E-state index contributed by atoms with van der Waals surface area (Å²) in [5.41, 5.74) is -0.945. The summed E-state index contributed by atoms with van der Waals surface area (Å²) in [6.07, 6.45) is -0.491. The van der Waals surface area contributed by atoms with E-state index in [0.29, 0.717) is 30.9 Å². The van der Waals surface area contributed by atoms with E-state index in [4.69, 9.17) is 9.47 Å². The number of halogens is 5. The average molecular weight is 539 g/mol. The molecular formula is C27H27F5N2O4. The summed E-state index contributed by atoms with van der Waals surface area (Å²) in [6, 6.07) is 6.25. The molecule has 1 aromatic heterocycles. The molecule has 1 saturated heterocycles. The Bertz CT molecular complexity index is 1290. The summed E-state index contributed by atoms with van der Waals surface area (Å²) < 4.78 is 80.3. The van der Waals surface area contributed by atoms with Crippen LogP contribution in [0, 0.1) is 28.7 Å². The monoisotopic (exact) mass is 538 g/mol. The molecule has 2 heterocycles. The van der Waals surface area contributed by atoms with Crippen LogP contribution in [0.2, 0.25) is 0 Å². The van der Waals surface area contributed by atoms with Gasteiger partial charge in [0.1, 0.15) is 30.1 Å². The number of ether oxygens (including phenoxy) is 2. The number of carbonyl (C=O) groups is 1. The van der Waals surface area contributed by atoms with Crippen molar-refractivity contribution in [3.8, 4) is 11.5 Å². The first-order valence-electron chi connectivity index (χ1n) is 12.1. The average Bonchev–Trinajstić information content (AvgIpc) is 2.90. The maximum Gasteiger partial charge on any atom is 0.309 e. The molecule has 0 saturated carbocycles. The van der Waals surface area contributed by atoms with Crippen molar-refractivity contribution in [3.05, 3.63) is 65.4 Å². The number of fused-ring (bicyclic) bond motifs is 1. The number of pyridine rings is 1. The molecule has 3 aromatic rings. The van der Waals surface area contributed by atoms with Crippen molar-refractivity contribution in [1.82, 2.24) is 9.88 Å². The molecule has 0 bridgehead atoms. The second-order valence-corrected chi connectivity index (χ2v) is 9.39. The number of rotatable bonds is 10. The van der Waals surface area contributed by atoms with E-state index >= 15 is 4.39 Å². The highest BCUT2D eigenvalue weighted by molar-refractivity contribution is 5.84. The van der Waals surface area contributed by atoms with Crippen molar-refractivity contribution >= 4 is 16.9 Å². The molecule has 0 radical (unpaired) electrons. The second-order valence-electron chi connectivity index (χ2n) is 9.39. The number of likely N-dealkylation sites (tertiary alicyclic amines) is 1. The van der Waals surface area contributed by atoms with Crippen LogP contribution >= 0.6 is 0 Å². The van der Waals surface area contributed by atoms with Gasteiger partial charge in [0.2, 0.25) is 0 Å². The van der Waals surface area contributed by atoms with E-state index in [1.54, 1.807) is 12.1 Å². The minimum atomic E-state index is -1.74. The fourth-order valence-corrected chi connectivity index (χ4v) is 4.84. The Morgan fingerprint density at radius 3 is 2.39 bits per heavy atom. The van der Waals surface area contributed by atoms with E-state index in [2.05, 4.69) is 4.98 Å². The molecule has 0 spiro atoms. The van der Waals surface area contributed by atoms with Crippen LogP contribution in [0.5, 0.6) is 11.5 Å². The summed E-state index contributed by atoms with van der Waals surface area (Å²) in [5, 5.41) is 10.3. The first-order chi connectivity index (χ1) is 18.1. The van der Waals surface area contributed by atoms with Crippen LogP contribution in [0.1, 0.15) is 37.4 Å². The third-order valence-electron chi connectivity index (χ3n) is 7.16. The molecule has 1 aliphatic heterocycles. The number of piperidine rings is 1. The first kappa shape index (κ1) is 27.6. The van der Waals surface area contributed by atoms with Crippen LogP contribution in [0.15, 0.2) is 36.5 Å². The van der Waals surface area contributed by atoms with Crippen molar-refractivity contribution in [1.29, 1.82) is 0 Å². The van der Waals surface area contributed by atoms with Crippen molar-refractivity contribution < 1.29 is 41.3 Å². The van der Waals surface area contributed by atoms with Gasteiger partial charge in [-0.1, -0.05) is 0 Å². The number of aliphatic carboxylic acids is 1. The molecule has 1 atom stereocenters. The Morgan fingerprint density at radius 1 is 1.08 bits per heavy atom. The minimum Gasteiger partial charge on any atom is -0.497 e. The quantitative estimate of drug-likeness (QED) is 0.259. The van der Waals surface area contributed by atoms with Crippen LogP contribution in [0.4, 0.5) is 22.0 Å². The largest absolute Gasteiger partial charge is 0.497 e. The highest BCUT2D eigenvalue weighted by Gasteiger charge is 2.42. The zero-order valence-electron chi connectivity index (χ0n) is 20.7. The number of hydrogen-bond donors (Lipinski definition) is 1. The Balaban J connectivity index is 1.36. The lowest BCUT2D eigenvalue weighted by Crippen LogP contribution is -2.45. The molecule has 0 amide bonds. The minimum absolute atomic E-state index is 0.00912. The first-order valence-corrected chi connectivity index (χ1v) is 12.1. The molecular weight excluding hydrogens is 511 g/mol. The summed E-state index contributed by atoms with van der Waals surface area (Å²) in [7, 11) is 1.44. The topological polar surface area (TPSA) is 71.9 Å². The van der Waals surface area contributed by atoms with Gasteiger partial charge >= 0.3 is 5.97 Å². The summed E-state index contributed by atoms with van der Waals surface area (Å²) >= 11 is 0. The van der Waals surface area contributed by atoms with E-state index in [9.17, 15) is 27.5 Å². The molecule has 6 nitrogen and oxygen atoms in total. The van der Waals surface area contributed by atoms with Crippen molar-refractivity contribution in [2.75, 3.05) is 33.4 Å². The number of aromatic nitrogens is 1. The maximum atomic E-state index is 15.4. The Hall–Kier alpha value is -3.47. The van der Waals surface area contributed by atoms with Gasteiger partial charge in [-0.2, -0.15) is 0 Å². The smallest absolute Gasteiger partial charge is 0.309 e. The van der Waals surface area contributed by atoms with Crippen molar-refractivity contribution in [2.24, 2.45) is 5.41 Å². The third kappa shape index (κ3) is 5.82. The predicted octanol–water partition coefficient (Wildman–Crippen LogP) is 5.84. The van der Waals surface area contributed by atoms with Crippen LogP contribution in [0.3, 0.4) is 0 Å². The van der Waals surface area contributed by atoms with Crippen molar-refractivity contribution in [3.63, 3.8) is 0 Å². The Morgan fingerprint density at radius 2 is 1.76 bits per heavy atom. The Labute approximate surface area is 216 Å². The predicted molar refractivity (Wildman–Crippen MR) is 129 cm³/mol. The van der Waals surface area contributed by atoms with Gasteiger partial charge in [-0.15, -0.1) is 0 Å². The summed E-state index contributed by atoms with van der Waals surface area (Å²) in [6.45, 7) is 1.15. The highest BCUT2D eigenvalue weighted by Crippen LogP contribution is 2.41. The lowest BCUT2D eigenvalue weighted by atomic mass is 9.74. The molecule has 204 valence electrons. The van der Waals surface area contributed by atoms with Gasteiger partial charge in [0.15, 0.2) is 17.5 Å². The molecule has 1 fully saturated rings. The molecule has 2 aromatic carbocycles. The fraction of sp³-hybridized carbons (Fsp3) is 0.407. The van der Waals surface area contributed by atoms with E-state index in [0.717, 1.165) is 18.3 Å². The molecule has 4 rings (SSSR count). The molecule has 1 aliphatic rings. The van der Waals surface area contributed by atoms with Crippen LogP contribution in [0.25, 0.3) is 10.9 Å². The lowest BCUT2D eigenvalue weighted by Gasteiger charge is -2.39. The number of alkyl halides is 1. The zero-order chi connectivity index (χ0) is 27.4. The molecule has 11 heteroatoms. The Kier molecular flexibility index (Phi) is 8.35. The maximum absolute atomic E-state index is 15.4. The van der Waals surface area contributed by atoms with Gasteiger partial charge in [-0.3, -0.25) is 14.7 Å². The SMILES string of the molecule is COc1ccc2ncc(F)c(C(F)CCC3(C(=O)O)CCN(CCOc4cc(F)c(F)c(F)c4)CC3)c2c1. The second kappa shape index (κ2) is 11.5. The number of benzene rings is 2. The van der Waals surface area contributed by atoms with Crippen LogP contribution in [-0.2, 0) is 4.79 Å². The number of carboxylic acids is 1. The summed E-state index contributed by atoms with van der Waals surface area (Å²) in [5.74, 6) is -5.86. The molecule has 1 unspecified atom stereocenters. The highest BCUT2D eigenvalue weighted by atomic mass is 19.2. The normalized spacial score (nSPS) is 16.4. The standard InChI is InChI=1S/C27H27F5N2O4/c1-37-16-2-3-23-18(12-16)24(22(31)15-33-23)19(28)4-5-27(26(35)36)6-8-34(9-7-27)10-11-38-17-13-20(29)25(32)21(30)14-17/h2-3,12-15,19H,4-11H2,1H3,(H,35,36). The van der Waals surface area contributed by atoms with Crippen LogP contribution in [-0.4, -0.2) is 54.3 Å². The van der Waals surface area contributed by atoms with E-state index < -0.39 is 40.8 Å². The van der Waals surface area contributed by atoms with E-state index in [-0.39, 0.29) is 49.0 Å². The fourth-order valence-electron chi connectivity index (χ4n) is 4.84. The lowest BCUT2D eigenvalue weighted by molar-refractivity contribution is -0.153. The third-order valence-corrected chi connectivity index (χ3v) is 7.16. The summed E-state index contributed by atoms with van der Waals surface area (Å²) in [4.78, 5) is 18.1. The van der Waals surface area contributed by atoms with Gasteiger partial charge in [-0.25, -0.2) is 22.0 Å². The van der Waals surface area contributed by atoms with Crippen molar-refractivity contribution in [2.45, 2.75) is 31.9 Å². The van der Waals surface area contributed by atoms with E-state index in [1.807, 2.05) is 4.90 Å². The number of nitrogens with zero attached hydrogens (tertiary/aromatic N) is 2. The van der Waals surface area contributed by atoms with Crippen LogP contribution < -0.4 is 9.47 Å². The molecule has 1 N–H and O–H groups in total. The number of carboxylic acid groups (broad SMARTS) is 1. The zero-order valence-corrected chi connectivity index (χ0v) is 20.7. The van der Waals surface area contributed by atoms with Gasteiger partial charge in [-0.05, 0) is 57.0 Å². The van der Waals surface area contributed by atoms with E-state index in [1.165, 1.54) is 13.2 Å². The van der Waals surface area contributed by atoms with Gasteiger partial charge in [0.25, 0.3) is 0 Å². The number of methoxy groups -OCH3 is 1. The molecule has 0 aliphatic carbocycles. The van der Waals surface area contributed by atoms with Gasteiger partial charge in [0.05, 0.1) is 24.2 Å². The molecule has 38 heavy (non-hydrogen) atoms.